The van der Waals surface area contributed by atoms with E-state index in [1.54, 1.807) is 18.2 Å². The van der Waals surface area contributed by atoms with Gasteiger partial charge in [-0.25, -0.2) is 4.39 Å². The lowest BCUT2D eigenvalue weighted by molar-refractivity contribution is 0.0806. The van der Waals surface area contributed by atoms with Crippen molar-refractivity contribution in [2.24, 2.45) is 5.92 Å². The van der Waals surface area contributed by atoms with Crippen molar-refractivity contribution in [1.29, 1.82) is 0 Å². The molecule has 1 saturated heterocycles. The lowest BCUT2D eigenvalue weighted by Gasteiger charge is -2.38. The average Bonchev–Trinajstić information content (AvgIpc) is 2.81. The van der Waals surface area contributed by atoms with Crippen molar-refractivity contribution in [1.82, 2.24) is 4.90 Å². The number of phenols is 2. The normalized spacial score (nSPS) is 18.1. The molecule has 0 spiro atoms. The van der Waals surface area contributed by atoms with Gasteiger partial charge in [0.1, 0.15) is 30.0 Å². The summed E-state index contributed by atoms with van der Waals surface area (Å²) < 4.78 is 26.9. The molecule has 0 amide bonds. The third-order valence-electron chi connectivity index (χ3n) is 6.96. The van der Waals surface area contributed by atoms with E-state index in [0.717, 1.165) is 59.6 Å². The van der Waals surface area contributed by atoms with Crippen LogP contribution in [-0.2, 0) is 0 Å². The highest BCUT2D eigenvalue weighted by atomic mass is 19.1. The molecule has 2 N–H and O–H groups in total. The summed E-state index contributed by atoms with van der Waals surface area (Å²) in [6, 6.07) is 17.1. The zero-order valence-corrected chi connectivity index (χ0v) is 20.0. The van der Waals surface area contributed by atoms with Crippen molar-refractivity contribution in [3.05, 3.63) is 83.2 Å². The van der Waals surface area contributed by atoms with Crippen molar-refractivity contribution in [2.45, 2.75) is 26.4 Å². The number of rotatable bonds is 7. The Morgan fingerprint density at radius 1 is 1.03 bits per heavy atom. The van der Waals surface area contributed by atoms with Gasteiger partial charge in [-0.1, -0.05) is 37.6 Å². The molecule has 0 aromatic heterocycles. The van der Waals surface area contributed by atoms with Gasteiger partial charge >= 0.3 is 0 Å². The average molecular weight is 476 g/mol. The molecule has 1 unspecified atom stereocenters. The monoisotopic (exact) mass is 475 g/mol. The van der Waals surface area contributed by atoms with Crippen LogP contribution in [-0.4, -0.2) is 41.4 Å². The van der Waals surface area contributed by atoms with Crippen molar-refractivity contribution < 1.29 is 24.1 Å². The summed E-state index contributed by atoms with van der Waals surface area (Å²) in [5.74, 6) is 1.05. The van der Waals surface area contributed by atoms with E-state index in [9.17, 15) is 14.6 Å². The molecule has 6 heteroatoms. The Morgan fingerprint density at radius 2 is 1.80 bits per heavy atom. The minimum absolute atomic E-state index is 0.106. The summed E-state index contributed by atoms with van der Waals surface area (Å²) in [5.41, 5.74) is 3.67. The Hall–Kier alpha value is -3.51. The summed E-state index contributed by atoms with van der Waals surface area (Å²) >= 11 is 0. The Bertz CT molecular complexity index is 1250. The molecule has 35 heavy (non-hydrogen) atoms. The third kappa shape index (κ3) is 4.71. The molecule has 182 valence electrons. The van der Waals surface area contributed by atoms with Gasteiger partial charge in [0, 0.05) is 36.8 Å². The van der Waals surface area contributed by atoms with E-state index in [-0.39, 0.29) is 17.2 Å². The summed E-state index contributed by atoms with van der Waals surface area (Å²) in [6.07, 6.45) is 0.639. The predicted molar refractivity (Wildman–Crippen MR) is 134 cm³/mol. The molecule has 2 aliphatic rings. The van der Waals surface area contributed by atoms with E-state index in [1.165, 1.54) is 12.5 Å². The highest BCUT2D eigenvalue weighted by Gasteiger charge is 2.32. The maximum atomic E-state index is 14.8. The quantitative estimate of drug-likeness (QED) is 0.437. The maximum absolute atomic E-state index is 14.8. The van der Waals surface area contributed by atoms with E-state index in [2.05, 4.69) is 11.8 Å². The maximum Gasteiger partial charge on any atom is 0.169 e. The molecule has 0 radical (unpaired) electrons. The first-order valence-corrected chi connectivity index (χ1v) is 12.1. The number of allylic oxidation sites excluding steroid dienone is 1. The van der Waals surface area contributed by atoms with Gasteiger partial charge in [-0.15, -0.1) is 0 Å². The van der Waals surface area contributed by atoms with Crippen LogP contribution in [0.3, 0.4) is 0 Å². The van der Waals surface area contributed by atoms with Crippen LogP contribution in [0, 0.1) is 11.7 Å². The standard InChI is InChI=1S/C29H30FNO4/c1-3-19-16-31(17-19)11-12-34-24-9-7-20(8-10-24)28-27(21-5-4-6-22(32)13-21)18(2)25-14-23(33)15-26(30)29(25)35-28/h4-10,13-15,19,28,32-33H,3,11-12,16-17H2,1-2H3. The van der Waals surface area contributed by atoms with Gasteiger partial charge < -0.3 is 19.7 Å². The molecule has 5 nitrogen and oxygen atoms in total. The SMILES string of the molecule is CCC1CN(CCOc2ccc(C3Oc4c(F)cc(O)cc4C(C)=C3c3cccc(O)c3)cc2)C1. The number of likely N-dealkylation sites (tertiary alicyclic amines) is 1. The lowest BCUT2D eigenvalue weighted by atomic mass is 9.86. The number of nitrogens with zero attached hydrogens (tertiary/aromatic N) is 1. The number of ether oxygens (including phenoxy) is 2. The zero-order valence-electron chi connectivity index (χ0n) is 20.0. The fraction of sp³-hybridized carbons (Fsp3) is 0.310. The summed E-state index contributed by atoms with van der Waals surface area (Å²) in [5, 5.41) is 20.1. The van der Waals surface area contributed by atoms with Gasteiger partial charge in [-0.3, -0.25) is 4.90 Å². The third-order valence-corrected chi connectivity index (χ3v) is 6.96. The van der Waals surface area contributed by atoms with Gasteiger partial charge in [-0.2, -0.15) is 0 Å². The number of aromatic hydroxyl groups is 2. The van der Waals surface area contributed by atoms with E-state index in [4.69, 9.17) is 9.47 Å². The molecule has 5 rings (SSSR count). The fourth-order valence-electron chi connectivity index (χ4n) is 4.92. The summed E-state index contributed by atoms with van der Waals surface area (Å²) in [4.78, 5) is 2.40. The number of benzene rings is 3. The molecule has 0 bridgehead atoms. The van der Waals surface area contributed by atoms with Crippen LogP contribution in [0.2, 0.25) is 0 Å². The highest BCUT2D eigenvalue weighted by Crippen LogP contribution is 2.48. The van der Waals surface area contributed by atoms with Crippen LogP contribution in [0.1, 0.15) is 43.1 Å². The minimum atomic E-state index is -0.615. The number of fused-ring (bicyclic) bond motifs is 1. The Kier molecular flexibility index (Phi) is 6.39. The second kappa shape index (κ2) is 9.62. The van der Waals surface area contributed by atoms with E-state index >= 15 is 0 Å². The van der Waals surface area contributed by atoms with Crippen LogP contribution in [0.25, 0.3) is 11.1 Å². The van der Waals surface area contributed by atoms with Crippen LogP contribution >= 0.6 is 0 Å². The molecule has 3 aromatic rings. The minimum Gasteiger partial charge on any atom is -0.508 e. The number of phenolic OH excluding ortho intramolecular Hbond substituents is 2. The Morgan fingerprint density at radius 3 is 2.51 bits per heavy atom. The molecule has 0 aliphatic carbocycles. The Labute approximate surface area is 205 Å². The second-order valence-electron chi connectivity index (χ2n) is 9.34. The smallest absolute Gasteiger partial charge is 0.169 e. The highest BCUT2D eigenvalue weighted by molar-refractivity contribution is 5.96. The molecule has 1 atom stereocenters. The van der Waals surface area contributed by atoms with Crippen molar-refractivity contribution in [2.75, 3.05) is 26.2 Å². The van der Waals surface area contributed by atoms with Crippen molar-refractivity contribution >= 4 is 11.1 Å². The largest absolute Gasteiger partial charge is 0.508 e. The van der Waals surface area contributed by atoms with Gasteiger partial charge in [0.25, 0.3) is 0 Å². The van der Waals surface area contributed by atoms with Gasteiger partial charge in [0.2, 0.25) is 0 Å². The fourth-order valence-corrected chi connectivity index (χ4v) is 4.92. The molecule has 0 saturated carbocycles. The summed E-state index contributed by atoms with van der Waals surface area (Å²) in [7, 11) is 0. The molecule has 3 aromatic carbocycles. The predicted octanol–water partition coefficient (Wildman–Crippen LogP) is 6.02. The summed E-state index contributed by atoms with van der Waals surface area (Å²) in [6.45, 7) is 7.95. The lowest BCUT2D eigenvalue weighted by Crippen LogP contribution is -2.47. The second-order valence-corrected chi connectivity index (χ2v) is 9.34. The van der Waals surface area contributed by atoms with Crippen LogP contribution in [0.15, 0.2) is 60.7 Å². The van der Waals surface area contributed by atoms with Crippen molar-refractivity contribution in [3.8, 4) is 23.0 Å². The first kappa shape index (κ1) is 23.2. The molecule has 1 fully saturated rings. The topological polar surface area (TPSA) is 62.2 Å². The molecule has 2 heterocycles. The van der Waals surface area contributed by atoms with Crippen LogP contribution in [0.5, 0.6) is 23.0 Å². The number of hydrogen-bond donors (Lipinski definition) is 2. The first-order chi connectivity index (χ1) is 16.9. The van der Waals surface area contributed by atoms with Gasteiger partial charge in [0.05, 0.1) is 0 Å². The van der Waals surface area contributed by atoms with Crippen molar-refractivity contribution in [3.63, 3.8) is 0 Å². The first-order valence-electron chi connectivity index (χ1n) is 12.1. The van der Waals surface area contributed by atoms with Gasteiger partial charge in [-0.05, 0) is 59.9 Å². The van der Waals surface area contributed by atoms with Gasteiger partial charge in [0.15, 0.2) is 11.6 Å². The molecular weight excluding hydrogens is 445 g/mol. The zero-order chi connectivity index (χ0) is 24.5. The van der Waals surface area contributed by atoms with E-state index in [1.807, 2.05) is 37.3 Å². The molecule has 2 aliphatic heterocycles. The molecular formula is C29H30FNO4. The van der Waals surface area contributed by atoms with Crippen LogP contribution in [0.4, 0.5) is 4.39 Å². The van der Waals surface area contributed by atoms with Crippen LogP contribution < -0.4 is 9.47 Å². The number of hydrogen-bond acceptors (Lipinski definition) is 5. The number of halogens is 1. The van der Waals surface area contributed by atoms with E-state index in [0.29, 0.717) is 12.2 Å². The van der Waals surface area contributed by atoms with E-state index < -0.39 is 11.9 Å². The Balaban J connectivity index is 1.41.